The molecular weight excluding hydrogens is 278 g/mol. The maximum Gasteiger partial charge on any atom is 0.169 e. The molecule has 2 rings (SSSR count). The minimum Gasteiger partial charge on any atom is -0.508 e. The first kappa shape index (κ1) is 10.3. The molecule has 0 bridgehead atoms. The van der Waals surface area contributed by atoms with Crippen molar-refractivity contribution in [1.29, 1.82) is 0 Å². The van der Waals surface area contributed by atoms with Gasteiger partial charge < -0.3 is 5.11 Å². The zero-order valence-corrected chi connectivity index (χ0v) is 9.88. The number of aromatic nitrogens is 1. The number of phenols is 1. The molecule has 0 saturated heterocycles. The van der Waals surface area contributed by atoms with Crippen LogP contribution in [0.5, 0.6) is 5.75 Å². The minimum absolute atomic E-state index is 0.175. The first-order valence-electron chi connectivity index (χ1n) is 4.11. The SMILES string of the molecule is O=Cc1nc(Br)sc1-c1cccc(O)c1. The van der Waals surface area contributed by atoms with Crippen LogP contribution in [-0.2, 0) is 0 Å². The molecule has 0 amide bonds. The zero-order chi connectivity index (χ0) is 10.8. The third-order valence-electron chi connectivity index (χ3n) is 1.85. The van der Waals surface area contributed by atoms with Gasteiger partial charge in [-0.3, -0.25) is 4.79 Å². The van der Waals surface area contributed by atoms with E-state index in [4.69, 9.17) is 0 Å². The molecule has 1 aromatic carbocycles. The molecule has 76 valence electrons. The molecule has 0 aliphatic carbocycles. The highest BCUT2D eigenvalue weighted by molar-refractivity contribution is 9.11. The molecular formula is C10H6BrNO2S. The average molecular weight is 284 g/mol. The fraction of sp³-hybridized carbons (Fsp3) is 0. The van der Waals surface area contributed by atoms with Gasteiger partial charge in [0, 0.05) is 0 Å². The smallest absolute Gasteiger partial charge is 0.169 e. The van der Waals surface area contributed by atoms with Crippen LogP contribution in [0.1, 0.15) is 10.5 Å². The molecule has 1 heterocycles. The van der Waals surface area contributed by atoms with Crippen molar-refractivity contribution in [1.82, 2.24) is 4.98 Å². The quantitative estimate of drug-likeness (QED) is 0.862. The molecule has 0 saturated carbocycles. The van der Waals surface area contributed by atoms with Crippen molar-refractivity contribution in [3.63, 3.8) is 0 Å². The summed E-state index contributed by atoms with van der Waals surface area (Å²) in [5, 5.41) is 9.33. The van der Waals surface area contributed by atoms with E-state index in [9.17, 15) is 9.90 Å². The van der Waals surface area contributed by atoms with Crippen molar-refractivity contribution in [2.45, 2.75) is 0 Å². The third-order valence-corrected chi connectivity index (χ3v) is 3.42. The lowest BCUT2D eigenvalue weighted by Gasteiger charge is -1.98. The number of phenolic OH excluding ortho intramolecular Hbond substituents is 1. The number of aldehydes is 1. The predicted octanol–water partition coefficient (Wildman–Crippen LogP) is 3.09. The van der Waals surface area contributed by atoms with Gasteiger partial charge in [-0.1, -0.05) is 12.1 Å². The normalized spacial score (nSPS) is 10.2. The van der Waals surface area contributed by atoms with Crippen molar-refractivity contribution in [2.75, 3.05) is 0 Å². The third kappa shape index (κ3) is 2.08. The molecule has 1 aromatic heterocycles. The summed E-state index contributed by atoms with van der Waals surface area (Å²) >= 11 is 4.59. The first-order valence-corrected chi connectivity index (χ1v) is 5.72. The van der Waals surface area contributed by atoms with Gasteiger partial charge in [0.2, 0.25) is 0 Å². The second-order valence-corrected chi connectivity index (χ2v) is 5.12. The predicted molar refractivity (Wildman–Crippen MR) is 62.3 cm³/mol. The Hall–Kier alpha value is -1.20. The van der Waals surface area contributed by atoms with Gasteiger partial charge >= 0.3 is 0 Å². The number of benzene rings is 1. The van der Waals surface area contributed by atoms with Crippen LogP contribution in [0.4, 0.5) is 0 Å². The lowest BCUT2D eigenvalue weighted by Crippen LogP contribution is -1.83. The fourth-order valence-electron chi connectivity index (χ4n) is 1.24. The topological polar surface area (TPSA) is 50.2 Å². The number of carbonyl (C=O) groups is 1. The van der Waals surface area contributed by atoms with Crippen molar-refractivity contribution >= 4 is 33.6 Å². The number of hydrogen-bond acceptors (Lipinski definition) is 4. The summed E-state index contributed by atoms with van der Waals surface area (Å²) in [5.74, 6) is 0.175. The van der Waals surface area contributed by atoms with E-state index in [1.807, 2.05) is 6.07 Å². The molecule has 2 aromatic rings. The van der Waals surface area contributed by atoms with E-state index in [1.54, 1.807) is 18.2 Å². The monoisotopic (exact) mass is 283 g/mol. The molecule has 5 heteroatoms. The van der Waals surface area contributed by atoms with Gasteiger partial charge in [0.15, 0.2) is 10.2 Å². The molecule has 15 heavy (non-hydrogen) atoms. The van der Waals surface area contributed by atoms with Gasteiger partial charge in [-0.05, 0) is 33.6 Å². The van der Waals surface area contributed by atoms with E-state index < -0.39 is 0 Å². The van der Waals surface area contributed by atoms with Crippen LogP contribution in [0.2, 0.25) is 0 Å². The Kier molecular flexibility index (Phi) is 2.83. The molecule has 0 fully saturated rings. The highest BCUT2D eigenvalue weighted by Crippen LogP contribution is 2.33. The second-order valence-electron chi connectivity index (χ2n) is 2.85. The van der Waals surface area contributed by atoms with E-state index >= 15 is 0 Å². The summed E-state index contributed by atoms with van der Waals surface area (Å²) in [5.41, 5.74) is 1.18. The Morgan fingerprint density at radius 3 is 2.93 bits per heavy atom. The number of nitrogens with zero attached hydrogens (tertiary/aromatic N) is 1. The minimum atomic E-state index is 0.175. The summed E-state index contributed by atoms with van der Waals surface area (Å²) in [6.07, 6.45) is 0.709. The molecule has 0 aliphatic heterocycles. The maximum atomic E-state index is 10.8. The number of carbonyl (C=O) groups excluding carboxylic acids is 1. The molecule has 1 N–H and O–H groups in total. The van der Waals surface area contributed by atoms with Crippen LogP contribution < -0.4 is 0 Å². The van der Waals surface area contributed by atoms with Crippen molar-refractivity contribution in [3.8, 4) is 16.2 Å². The number of aromatic hydroxyl groups is 1. The van der Waals surface area contributed by atoms with Crippen molar-refractivity contribution in [3.05, 3.63) is 33.9 Å². The maximum absolute atomic E-state index is 10.8. The second kappa shape index (κ2) is 4.12. The average Bonchev–Trinajstić information content (AvgIpc) is 2.59. The molecule has 0 spiro atoms. The lowest BCUT2D eigenvalue weighted by molar-refractivity contribution is 0.112. The first-order chi connectivity index (χ1) is 7.20. The van der Waals surface area contributed by atoms with Crippen LogP contribution >= 0.6 is 27.3 Å². The summed E-state index contributed by atoms with van der Waals surface area (Å²) in [7, 11) is 0. The van der Waals surface area contributed by atoms with Crippen molar-refractivity contribution in [2.24, 2.45) is 0 Å². The zero-order valence-electron chi connectivity index (χ0n) is 7.48. The largest absolute Gasteiger partial charge is 0.508 e. The Bertz CT molecular complexity index is 510. The summed E-state index contributed by atoms with van der Waals surface area (Å²) in [4.78, 5) is 15.5. The van der Waals surface area contributed by atoms with Crippen LogP contribution in [0.3, 0.4) is 0 Å². The number of hydrogen-bond donors (Lipinski definition) is 1. The van der Waals surface area contributed by atoms with Gasteiger partial charge in [-0.25, -0.2) is 4.98 Å². The molecule has 3 nitrogen and oxygen atoms in total. The van der Waals surface area contributed by atoms with Crippen LogP contribution in [0.25, 0.3) is 10.4 Å². The summed E-state index contributed by atoms with van der Waals surface area (Å²) in [6.45, 7) is 0. The van der Waals surface area contributed by atoms with Crippen LogP contribution in [0.15, 0.2) is 28.2 Å². The molecule has 0 radical (unpaired) electrons. The van der Waals surface area contributed by atoms with Gasteiger partial charge in [0.05, 0.1) is 4.88 Å². The fourth-order valence-corrected chi connectivity index (χ4v) is 2.67. The van der Waals surface area contributed by atoms with Gasteiger partial charge in [0.1, 0.15) is 11.4 Å². The van der Waals surface area contributed by atoms with E-state index in [0.29, 0.717) is 15.9 Å². The van der Waals surface area contributed by atoms with E-state index in [0.717, 1.165) is 10.4 Å². The van der Waals surface area contributed by atoms with E-state index in [1.165, 1.54) is 11.3 Å². The Morgan fingerprint density at radius 2 is 2.27 bits per heavy atom. The highest BCUT2D eigenvalue weighted by Gasteiger charge is 2.11. The van der Waals surface area contributed by atoms with Gasteiger partial charge in [-0.15, -0.1) is 11.3 Å². The van der Waals surface area contributed by atoms with Crippen LogP contribution in [0, 0.1) is 0 Å². The van der Waals surface area contributed by atoms with Crippen molar-refractivity contribution < 1.29 is 9.90 Å². The number of halogens is 1. The van der Waals surface area contributed by atoms with Crippen LogP contribution in [-0.4, -0.2) is 16.4 Å². The van der Waals surface area contributed by atoms with Gasteiger partial charge in [-0.2, -0.15) is 0 Å². The number of rotatable bonds is 2. The standard InChI is InChI=1S/C10H6BrNO2S/c11-10-12-8(5-13)9(15-10)6-2-1-3-7(14)4-6/h1-5,14H. The Morgan fingerprint density at radius 1 is 1.47 bits per heavy atom. The molecule has 0 unspecified atom stereocenters. The number of thiazole rings is 1. The Balaban J connectivity index is 2.57. The summed E-state index contributed by atoms with van der Waals surface area (Å²) in [6, 6.07) is 6.74. The van der Waals surface area contributed by atoms with E-state index in [2.05, 4.69) is 20.9 Å². The van der Waals surface area contributed by atoms with Gasteiger partial charge in [0.25, 0.3) is 0 Å². The Labute approximate surface area is 98.5 Å². The summed E-state index contributed by atoms with van der Waals surface area (Å²) < 4.78 is 0.656. The lowest BCUT2D eigenvalue weighted by atomic mass is 10.1. The molecule has 0 aliphatic rings. The van der Waals surface area contributed by atoms with E-state index in [-0.39, 0.29) is 5.75 Å². The molecule has 0 atom stereocenters. The highest BCUT2D eigenvalue weighted by atomic mass is 79.9.